The van der Waals surface area contributed by atoms with Crippen molar-refractivity contribution in [2.45, 2.75) is 82.5 Å². The minimum atomic E-state index is -0.724. The second kappa shape index (κ2) is 11.8. The third-order valence-electron chi connectivity index (χ3n) is 5.67. The Balaban J connectivity index is 0.00000341. The fourth-order valence-electron chi connectivity index (χ4n) is 3.92. The molecule has 0 aromatic carbocycles. The summed E-state index contributed by atoms with van der Waals surface area (Å²) in [6.07, 6.45) is 6.59. The summed E-state index contributed by atoms with van der Waals surface area (Å²) in [4.78, 5) is 45.7. The number of halogens is 1. The van der Waals surface area contributed by atoms with Crippen molar-refractivity contribution in [3.8, 4) is 0 Å². The van der Waals surface area contributed by atoms with Crippen molar-refractivity contribution in [2.75, 3.05) is 19.9 Å². The molecule has 0 radical (unpaired) electrons. The number of likely N-dealkylation sites (tertiary alicyclic amines) is 1. The van der Waals surface area contributed by atoms with E-state index in [1.807, 2.05) is 20.2 Å². The molecular weight excluding hydrogens is 465 g/mol. The first-order valence-electron chi connectivity index (χ1n) is 10.6. The summed E-state index contributed by atoms with van der Waals surface area (Å²) in [6, 6.07) is -1.19. The van der Waals surface area contributed by atoms with E-state index in [-0.39, 0.29) is 54.7 Å². The van der Waals surface area contributed by atoms with Crippen LogP contribution >= 0.6 is 24.2 Å². The molecule has 0 spiro atoms. The number of thioether (sulfide) groups is 1. The summed E-state index contributed by atoms with van der Waals surface area (Å²) in [5.41, 5.74) is -0.675. The van der Waals surface area contributed by atoms with Crippen LogP contribution in [0.3, 0.4) is 0 Å². The van der Waals surface area contributed by atoms with E-state index < -0.39 is 41.0 Å². The number of esters is 2. The summed E-state index contributed by atoms with van der Waals surface area (Å²) in [5, 5.41) is -0.176. The van der Waals surface area contributed by atoms with E-state index in [0.717, 1.165) is 25.9 Å². The Kier molecular flexibility index (Phi) is 10.9. The van der Waals surface area contributed by atoms with Gasteiger partial charge in [-0.2, -0.15) is 0 Å². The van der Waals surface area contributed by atoms with Crippen LogP contribution in [0.1, 0.15) is 61.7 Å². The van der Waals surface area contributed by atoms with Gasteiger partial charge >= 0.3 is 41.5 Å². The van der Waals surface area contributed by atoms with Crippen LogP contribution in [0.25, 0.3) is 0 Å². The molecule has 3 aliphatic heterocycles. The largest absolute Gasteiger partial charge is 1.00 e. The number of rotatable bonds is 5. The molecule has 0 saturated carbocycles. The second-order valence-corrected chi connectivity index (χ2v) is 11.5. The first-order valence-corrected chi connectivity index (χ1v) is 11.5. The number of aliphatic imine (C=N–C) groups is 1. The zero-order valence-corrected chi connectivity index (χ0v) is 23.6. The van der Waals surface area contributed by atoms with Crippen LogP contribution in [0.5, 0.6) is 0 Å². The van der Waals surface area contributed by atoms with Gasteiger partial charge in [-0.1, -0.05) is 12.8 Å². The van der Waals surface area contributed by atoms with Crippen LogP contribution < -0.4 is 29.6 Å². The predicted octanol–water partition coefficient (Wildman–Crippen LogP) is -0.0501. The Hall–Kier alpha value is -0.480. The number of amides is 1. The molecule has 0 unspecified atom stereocenters. The van der Waals surface area contributed by atoms with Crippen molar-refractivity contribution in [2.24, 2.45) is 10.4 Å². The molecule has 8 nitrogen and oxygen atoms in total. The summed E-state index contributed by atoms with van der Waals surface area (Å²) < 4.78 is 9.71. The molecule has 0 aliphatic carbocycles. The van der Waals surface area contributed by atoms with Gasteiger partial charge in [0, 0.05) is 17.8 Å². The summed E-state index contributed by atoms with van der Waals surface area (Å²) in [5.74, 6) is -1.16. The van der Waals surface area contributed by atoms with Crippen molar-refractivity contribution in [1.29, 1.82) is 0 Å². The zero-order chi connectivity index (χ0) is 22.1. The Labute approximate surface area is 224 Å². The van der Waals surface area contributed by atoms with E-state index in [0.29, 0.717) is 0 Å². The van der Waals surface area contributed by atoms with Crippen molar-refractivity contribution in [3.05, 3.63) is 0 Å². The normalized spacial score (nSPS) is 26.9. The first-order chi connectivity index (χ1) is 14.0. The smallest absolute Gasteiger partial charge is 1.00 e. The zero-order valence-electron chi connectivity index (χ0n) is 21.0. The van der Waals surface area contributed by atoms with Gasteiger partial charge < -0.3 is 20.7 Å². The van der Waals surface area contributed by atoms with Crippen molar-refractivity contribution >= 4 is 48.4 Å². The van der Waals surface area contributed by atoms with E-state index in [1.165, 1.54) is 12.8 Å². The van der Waals surface area contributed by atoms with Crippen LogP contribution in [0.4, 0.5) is 0 Å². The number of nitrogens with zero attached hydrogens (tertiary/aromatic N) is 3. The van der Waals surface area contributed by atoms with E-state index in [1.54, 1.807) is 37.4 Å². The third kappa shape index (κ3) is 6.56. The summed E-state index contributed by atoms with van der Waals surface area (Å²) in [6.45, 7) is 10.5. The van der Waals surface area contributed by atoms with Crippen LogP contribution in [0.15, 0.2) is 4.99 Å². The molecule has 3 aliphatic rings. The molecule has 3 atom stereocenters. The fraction of sp³-hybridized carbons (Fsp3) is 0.810. The second-order valence-electron chi connectivity index (χ2n) is 9.68. The summed E-state index contributed by atoms with van der Waals surface area (Å²) in [7, 11) is 0. The van der Waals surface area contributed by atoms with E-state index in [4.69, 9.17) is 9.47 Å². The minimum absolute atomic E-state index is 0. The molecular formula is C21H35ClN3NaO5S. The number of carbonyl (C=O) groups is 3. The Morgan fingerprint density at radius 2 is 1.78 bits per heavy atom. The Bertz CT molecular complexity index is 729. The molecule has 0 aromatic rings. The van der Waals surface area contributed by atoms with E-state index in [2.05, 4.69) is 9.89 Å². The van der Waals surface area contributed by atoms with Crippen molar-refractivity contribution in [3.63, 3.8) is 0 Å². The Morgan fingerprint density at radius 1 is 1.19 bits per heavy atom. The standard InChI is InChI=1S/C21H33N3O5S.ClH.Na.H/c1-20(2,3)19(27)29-13-28-18(26)15-21(4,5)30-17-14(16(25)24(15)17)22-12-23-10-8-6-7-9-11-23;;;/h12,14-15,17H,6-11,13H2,1-5H3;1H;;/q;;+1;-1/t14-,15+,17-;;;/m1.../s1. The molecule has 11 heteroatoms. The summed E-state index contributed by atoms with van der Waals surface area (Å²) >= 11 is 1.56. The van der Waals surface area contributed by atoms with Gasteiger partial charge in [-0.25, -0.2) is 4.79 Å². The molecule has 1 amide bonds. The topological polar surface area (TPSA) is 88.5 Å². The number of hydrogen-bond acceptors (Lipinski definition) is 7. The molecule has 3 fully saturated rings. The van der Waals surface area contributed by atoms with Crippen LogP contribution in [0.2, 0.25) is 0 Å². The predicted molar refractivity (Wildman–Crippen MR) is 123 cm³/mol. The van der Waals surface area contributed by atoms with Crippen molar-refractivity contribution < 1.29 is 54.8 Å². The van der Waals surface area contributed by atoms with Crippen LogP contribution in [0, 0.1) is 5.41 Å². The van der Waals surface area contributed by atoms with Crippen molar-refractivity contribution in [1.82, 2.24) is 9.80 Å². The molecule has 0 aromatic heterocycles. The number of carbonyl (C=O) groups excluding carboxylic acids is 3. The number of hydrogen-bond donors (Lipinski definition) is 0. The van der Waals surface area contributed by atoms with E-state index in [9.17, 15) is 14.4 Å². The number of ether oxygens (including phenoxy) is 2. The van der Waals surface area contributed by atoms with Gasteiger partial charge in [-0.15, -0.1) is 24.2 Å². The average molecular weight is 500 g/mol. The average Bonchev–Trinajstić information content (AvgIpc) is 2.80. The monoisotopic (exact) mass is 499 g/mol. The van der Waals surface area contributed by atoms with Gasteiger partial charge in [0.15, 0.2) is 6.04 Å². The molecule has 3 rings (SSSR count). The maximum absolute atomic E-state index is 12.8. The van der Waals surface area contributed by atoms with Crippen LogP contribution in [-0.4, -0.2) is 76.1 Å². The maximum Gasteiger partial charge on any atom is 1.00 e. The quantitative estimate of drug-likeness (QED) is 0.131. The van der Waals surface area contributed by atoms with Gasteiger partial charge in [0.2, 0.25) is 6.79 Å². The van der Waals surface area contributed by atoms with Gasteiger partial charge in [0.1, 0.15) is 11.4 Å². The molecule has 3 saturated heterocycles. The first kappa shape index (κ1) is 29.6. The SMILES string of the molecule is CC(C)(C)C(=O)OCOC(=O)[C@@H]1N2C(=O)[C@@H](N=CN3CCCCCC3)[C@H]2SC1(C)C.Cl.[H-].[Na+]. The molecule has 0 N–H and O–H groups in total. The molecule has 32 heavy (non-hydrogen) atoms. The third-order valence-corrected chi connectivity index (χ3v) is 7.23. The van der Waals surface area contributed by atoms with Gasteiger partial charge in [0.05, 0.1) is 11.8 Å². The number of β-lactam (4-membered cyclic amide) rings is 1. The van der Waals surface area contributed by atoms with Crippen LogP contribution in [-0.2, 0) is 23.9 Å². The van der Waals surface area contributed by atoms with Gasteiger partial charge in [-0.05, 0) is 47.5 Å². The Morgan fingerprint density at radius 3 is 2.34 bits per heavy atom. The minimum Gasteiger partial charge on any atom is -1.00 e. The van der Waals surface area contributed by atoms with Gasteiger partial charge in [-0.3, -0.25) is 14.6 Å². The number of fused-ring (bicyclic) bond motifs is 1. The molecule has 178 valence electrons. The van der Waals surface area contributed by atoms with Gasteiger partial charge in [0.25, 0.3) is 5.91 Å². The molecule has 3 heterocycles. The fourth-order valence-corrected chi connectivity index (χ4v) is 5.54. The maximum atomic E-state index is 12.8. The van der Waals surface area contributed by atoms with E-state index >= 15 is 0 Å². The molecule has 0 bridgehead atoms.